The van der Waals surface area contributed by atoms with E-state index in [2.05, 4.69) is 5.32 Å². The summed E-state index contributed by atoms with van der Waals surface area (Å²) in [5, 5.41) is 3.08. The third kappa shape index (κ3) is 4.27. The molecule has 2 amide bonds. The maximum Gasteiger partial charge on any atom is 0.257 e. The summed E-state index contributed by atoms with van der Waals surface area (Å²) in [7, 11) is 3.54. The van der Waals surface area contributed by atoms with Gasteiger partial charge < -0.3 is 19.9 Å². The van der Waals surface area contributed by atoms with Gasteiger partial charge >= 0.3 is 0 Å². The summed E-state index contributed by atoms with van der Waals surface area (Å²) in [6.45, 7) is 8.38. The number of hydrogen-bond donors (Lipinski definition) is 1. The molecule has 0 fully saturated rings. The van der Waals surface area contributed by atoms with E-state index in [4.69, 9.17) is 4.74 Å². The number of ether oxygens (including phenoxy) is 1. The number of fused-ring (bicyclic) bond motifs is 1. The first-order valence-electron chi connectivity index (χ1n) is 10.1. The molecule has 1 aliphatic heterocycles. The molecule has 0 bridgehead atoms. The van der Waals surface area contributed by atoms with Crippen LogP contribution in [0, 0.1) is 0 Å². The average Bonchev–Trinajstić information content (AvgIpc) is 2.77. The Labute approximate surface area is 178 Å². The van der Waals surface area contributed by atoms with Crippen molar-refractivity contribution in [2.24, 2.45) is 0 Å². The number of hydrogen-bond acceptors (Lipinski definition) is 4. The average molecular weight is 410 g/mol. The fourth-order valence-corrected chi connectivity index (χ4v) is 3.82. The molecule has 1 atom stereocenters. The predicted octanol–water partition coefficient (Wildman–Crippen LogP) is 3.46. The van der Waals surface area contributed by atoms with Gasteiger partial charge in [0.1, 0.15) is 11.3 Å². The third-order valence-corrected chi connectivity index (χ3v) is 5.41. The first-order chi connectivity index (χ1) is 14.0. The van der Waals surface area contributed by atoms with Crippen LogP contribution in [0.4, 0.5) is 5.69 Å². The maximum atomic E-state index is 13.7. The van der Waals surface area contributed by atoms with Crippen molar-refractivity contribution in [1.29, 1.82) is 0 Å². The summed E-state index contributed by atoms with van der Waals surface area (Å²) < 4.78 is 5.24. The van der Waals surface area contributed by atoms with Crippen molar-refractivity contribution in [3.8, 4) is 5.75 Å². The van der Waals surface area contributed by atoms with Crippen LogP contribution in [-0.4, -0.2) is 48.5 Å². The number of carbonyl (C=O) groups excluding carboxylic acids is 2. The van der Waals surface area contributed by atoms with Gasteiger partial charge in [-0.3, -0.25) is 9.59 Å². The molecule has 1 unspecified atom stereocenters. The number of nitrogens with one attached hydrogen (secondary N) is 1. The molecule has 0 saturated carbocycles. The summed E-state index contributed by atoms with van der Waals surface area (Å²) in [6, 6.07) is 15.1. The Kier molecular flexibility index (Phi) is 5.79. The van der Waals surface area contributed by atoms with E-state index in [9.17, 15) is 9.59 Å². The van der Waals surface area contributed by atoms with Crippen molar-refractivity contribution in [3.05, 3.63) is 59.7 Å². The largest absolute Gasteiger partial charge is 0.497 e. The molecule has 1 N–H and O–H groups in total. The van der Waals surface area contributed by atoms with E-state index in [1.807, 2.05) is 88.2 Å². The molecule has 0 aromatic heterocycles. The number of rotatable bonds is 4. The highest BCUT2D eigenvalue weighted by molar-refractivity contribution is 6.04. The van der Waals surface area contributed by atoms with Crippen LogP contribution in [0.3, 0.4) is 0 Å². The lowest BCUT2D eigenvalue weighted by Crippen LogP contribution is -2.64. The standard InChI is InChI=1S/C24H31N3O3/c1-23(2,3)25-22(29)24(4)16-26(5)20-10-8-7-9-19(20)21(28)27(24)15-17-11-13-18(30-6)14-12-17/h7-14H,15-16H2,1-6H3,(H,25,29). The highest BCUT2D eigenvalue weighted by Crippen LogP contribution is 2.33. The minimum atomic E-state index is -1.06. The van der Waals surface area contributed by atoms with Crippen LogP contribution in [0.5, 0.6) is 5.75 Å². The Morgan fingerprint density at radius 3 is 2.37 bits per heavy atom. The molecule has 0 radical (unpaired) electrons. The van der Waals surface area contributed by atoms with Gasteiger partial charge in [0.25, 0.3) is 5.91 Å². The second-order valence-corrected chi connectivity index (χ2v) is 9.09. The predicted molar refractivity (Wildman–Crippen MR) is 119 cm³/mol. The first kappa shape index (κ1) is 21.7. The quantitative estimate of drug-likeness (QED) is 0.840. The number of amides is 2. The van der Waals surface area contributed by atoms with Crippen molar-refractivity contribution in [2.75, 3.05) is 25.6 Å². The fraction of sp³-hybridized carbons (Fsp3) is 0.417. The van der Waals surface area contributed by atoms with Gasteiger partial charge in [0.05, 0.1) is 12.7 Å². The molecular formula is C24H31N3O3. The van der Waals surface area contributed by atoms with E-state index in [0.29, 0.717) is 18.7 Å². The summed E-state index contributed by atoms with van der Waals surface area (Å²) in [5.74, 6) is 0.424. The van der Waals surface area contributed by atoms with Crippen LogP contribution < -0.4 is 15.0 Å². The van der Waals surface area contributed by atoms with E-state index in [1.54, 1.807) is 12.0 Å². The molecule has 2 aromatic rings. The molecular weight excluding hydrogens is 378 g/mol. The summed E-state index contributed by atoms with van der Waals surface area (Å²) in [6.07, 6.45) is 0. The Morgan fingerprint density at radius 1 is 1.13 bits per heavy atom. The Bertz CT molecular complexity index is 933. The molecule has 1 heterocycles. The van der Waals surface area contributed by atoms with Gasteiger partial charge in [0, 0.05) is 31.4 Å². The van der Waals surface area contributed by atoms with Crippen molar-refractivity contribution in [1.82, 2.24) is 10.2 Å². The SMILES string of the molecule is COc1ccc(CN2C(=O)c3ccccc3N(C)CC2(C)C(=O)NC(C)(C)C)cc1. The summed E-state index contributed by atoms with van der Waals surface area (Å²) in [4.78, 5) is 30.9. The lowest BCUT2D eigenvalue weighted by atomic mass is 9.94. The van der Waals surface area contributed by atoms with Crippen LogP contribution in [0.25, 0.3) is 0 Å². The number of likely N-dealkylation sites (N-methyl/N-ethyl adjacent to an activating group) is 1. The van der Waals surface area contributed by atoms with Gasteiger partial charge in [-0.2, -0.15) is 0 Å². The van der Waals surface area contributed by atoms with E-state index in [1.165, 1.54) is 0 Å². The van der Waals surface area contributed by atoms with E-state index >= 15 is 0 Å². The van der Waals surface area contributed by atoms with Crippen LogP contribution in [-0.2, 0) is 11.3 Å². The normalized spacial score (nSPS) is 19.2. The molecule has 6 heteroatoms. The number of nitrogens with zero attached hydrogens (tertiary/aromatic N) is 2. The number of anilines is 1. The minimum Gasteiger partial charge on any atom is -0.497 e. The van der Waals surface area contributed by atoms with E-state index in [-0.39, 0.29) is 11.8 Å². The number of carbonyl (C=O) groups is 2. The lowest BCUT2D eigenvalue weighted by Gasteiger charge is -2.41. The Hall–Kier alpha value is -3.02. The second-order valence-electron chi connectivity index (χ2n) is 9.09. The molecule has 1 aliphatic rings. The van der Waals surface area contributed by atoms with Crippen molar-refractivity contribution < 1.29 is 14.3 Å². The highest BCUT2D eigenvalue weighted by Gasteiger charge is 2.47. The van der Waals surface area contributed by atoms with Crippen molar-refractivity contribution in [3.63, 3.8) is 0 Å². The topological polar surface area (TPSA) is 61.9 Å². The second kappa shape index (κ2) is 8.01. The third-order valence-electron chi connectivity index (χ3n) is 5.41. The van der Waals surface area contributed by atoms with E-state index < -0.39 is 11.1 Å². The molecule has 6 nitrogen and oxygen atoms in total. The molecule has 2 aromatic carbocycles. The van der Waals surface area contributed by atoms with Gasteiger partial charge in [-0.25, -0.2) is 0 Å². The fourth-order valence-electron chi connectivity index (χ4n) is 3.82. The highest BCUT2D eigenvalue weighted by atomic mass is 16.5. The molecule has 3 rings (SSSR count). The summed E-state index contributed by atoms with van der Waals surface area (Å²) >= 11 is 0. The minimum absolute atomic E-state index is 0.155. The van der Waals surface area contributed by atoms with Gasteiger partial charge in [-0.05, 0) is 57.5 Å². The van der Waals surface area contributed by atoms with E-state index in [0.717, 1.165) is 17.0 Å². The number of methoxy groups -OCH3 is 1. The molecule has 160 valence electrons. The summed E-state index contributed by atoms with van der Waals surface area (Å²) in [5.41, 5.74) is 0.890. The zero-order valence-electron chi connectivity index (χ0n) is 18.7. The molecule has 0 aliphatic carbocycles. The number of para-hydroxylation sites is 1. The van der Waals surface area contributed by atoms with Gasteiger partial charge in [-0.1, -0.05) is 24.3 Å². The zero-order valence-corrected chi connectivity index (χ0v) is 18.7. The molecule has 0 saturated heterocycles. The van der Waals surface area contributed by atoms with Crippen LogP contribution in [0.15, 0.2) is 48.5 Å². The van der Waals surface area contributed by atoms with Crippen molar-refractivity contribution >= 4 is 17.5 Å². The van der Waals surface area contributed by atoms with Crippen LogP contribution in [0.1, 0.15) is 43.6 Å². The van der Waals surface area contributed by atoms with Gasteiger partial charge in [0.2, 0.25) is 5.91 Å². The Balaban J connectivity index is 2.07. The molecule has 30 heavy (non-hydrogen) atoms. The first-order valence-corrected chi connectivity index (χ1v) is 10.1. The van der Waals surface area contributed by atoms with Gasteiger partial charge in [0.15, 0.2) is 0 Å². The Morgan fingerprint density at radius 2 is 1.77 bits per heavy atom. The maximum absolute atomic E-state index is 13.7. The smallest absolute Gasteiger partial charge is 0.257 e. The van der Waals surface area contributed by atoms with Crippen molar-refractivity contribution in [2.45, 2.75) is 45.3 Å². The number of benzene rings is 2. The zero-order chi connectivity index (χ0) is 22.1. The van der Waals surface area contributed by atoms with Crippen LogP contribution in [0.2, 0.25) is 0 Å². The monoisotopic (exact) mass is 409 g/mol. The molecule has 0 spiro atoms. The van der Waals surface area contributed by atoms with Gasteiger partial charge in [-0.15, -0.1) is 0 Å². The van der Waals surface area contributed by atoms with Crippen LogP contribution >= 0.6 is 0 Å². The lowest BCUT2D eigenvalue weighted by molar-refractivity contribution is -0.132.